The Hall–Kier alpha value is -1.62. The summed E-state index contributed by atoms with van der Waals surface area (Å²) in [4.78, 5) is 10.8. The summed E-state index contributed by atoms with van der Waals surface area (Å²) in [7, 11) is 1.30. The van der Waals surface area contributed by atoms with Gasteiger partial charge in [-0.15, -0.1) is 0 Å². The fourth-order valence-electron chi connectivity index (χ4n) is 1.32. The van der Waals surface area contributed by atoms with E-state index in [0.29, 0.717) is 11.3 Å². The van der Waals surface area contributed by atoms with Gasteiger partial charge in [0.15, 0.2) is 0 Å². The van der Waals surface area contributed by atoms with Crippen LogP contribution in [0.2, 0.25) is 0 Å². The van der Waals surface area contributed by atoms with Crippen LogP contribution in [0.4, 0.5) is 4.39 Å². The second-order valence-electron chi connectivity index (χ2n) is 3.65. The van der Waals surface area contributed by atoms with E-state index in [0.717, 1.165) is 0 Å². The molecule has 4 nitrogen and oxygen atoms in total. The lowest BCUT2D eigenvalue weighted by Gasteiger charge is -2.10. The summed E-state index contributed by atoms with van der Waals surface area (Å²) in [6.07, 6.45) is 0.132. The van der Waals surface area contributed by atoms with E-state index < -0.39 is 5.82 Å². The molecule has 5 heteroatoms. The van der Waals surface area contributed by atoms with E-state index in [-0.39, 0.29) is 25.0 Å². The molecule has 0 heterocycles. The van der Waals surface area contributed by atoms with Crippen molar-refractivity contribution in [1.82, 2.24) is 0 Å². The summed E-state index contributed by atoms with van der Waals surface area (Å²) in [5.41, 5.74) is 6.02. The number of nitrogens with two attached hydrogens (primary N) is 1. The summed E-state index contributed by atoms with van der Waals surface area (Å²) in [5, 5.41) is 0. The number of carbonyl (C=O) groups excluding carboxylic acids is 1. The standard InChI is InChI=1S/C12H16FNO3/c1-8(14)10-4-3-9(7-11(10)13)17-6-5-12(15)16-2/h3-4,7-8H,5-6,14H2,1-2H3. The van der Waals surface area contributed by atoms with Crippen LogP contribution in [-0.4, -0.2) is 19.7 Å². The number of rotatable bonds is 5. The van der Waals surface area contributed by atoms with Gasteiger partial charge in [-0.05, 0) is 13.0 Å². The lowest BCUT2D eigenvalue weighted by Crippen LogP contribution is -2.09. The lowest BCUT2D eigenvalue weighted by atomic mass is 10.1. The number of methoxy groups -OCH3 is 1. The molecule has 1 unspecified atom stereocenters. The smallest absolute Gasteiger partial charge is 0.308 e. The summed E-state index contributed by atoms with van der Waals surface area (Å²) < 4.78 is 23.2. The highest BCUT2D eigenvalue weighted by Gasteiger charge is 2.08. The van der Waals surface area contributed by atoms with Gasteiger partial charge in [0.1, 0.15) is 11.6 Å². The normalized spacial score (nSPS) is 12.0. The van der Waals surface area contributed by atoms with Crippen molar-refractivity contribution >= 4 is 5.97 Å². The van der Waals surface area contributed by atoms with Crippen LogP contribution in [0.15, 0.2) is 18.2 Å². The summed E-state index contributed by atoms with van der Waals surface area (Å²) in [5.74, 6) is -0.399. The Labute approximate surface area is 99.5 Å². The van der Waals surface area contributed by atoms with Gasteiger partial charge in [0.05, 0.1) is 20.1 Å². The monoisotopic (exact) mass is 241 g/mol. The highest BCUT2D eigenvalue weighted by molar-refractivity contribution is 5.69. The molecule has 0 aliphatic carbocycles. The van der Waals surface area contributed by atoms with Crippen LogP contribution in [0.25, 0.3) is 0 Å². The third kappa shape index (κ3) is 4.03. The molecule has 1 atom stereocenters. The second kappa shape index (κ2) is 6.20. The number of hydrogen-bond donors (Lipinski definition) is 1. The number of ether oxygens (including phenoxy) is 2. The van der Waals surface area contributed by atoms with Crippen molar-refractivity contribution in [2.24, 2.45) is 5.73 Å². The summed E-state index contributed by atoms with van der Waals surface area (Å²) in [6, 6.07) is 4.10. The molecule has 0 aromatic heterocycles. The first-order valence-corrected chi connectivity index (χ1v) is 5.29. The van der Waals surface area contributed by atoms with Crippen molar-refractivity contribution in [1.29, 1.82) is 0 Å². The Kier molecular flexibility index (Phi) is 4.90. The molecule has 0 aliphatic heterocycles. The van der Waals surface area contributed by atoms with Crippen LogP contribution in [0.5, 0.6) is 5.75 Å². The minimum Gasteiger partial charge on any atom is -0.493 e. The Bertz CT molecular complexity index is 393. The van der Waals surface area contributed by atoms with Gasteiger partial charge < -0.3 is 15.2 Å². The molecule has 0 fully saturated rings. The van der Waals surface area contributed by atoms with E-state index in [1.54, 1.807) is 19.1 Å². The highest BCUT2D eigenvalue weighted by Crippen LogP contribution is 2.20. The molecular formula is C12H16FNO3. The van der Waals surface area contributed by atoms with Crippen molar-refractivity contribution in [2.75, 3.05) is 13.7 Å². The van der Waals surface area contributed by atoms with Gasteiger partial charge in [0.25, 0.3) is 0 Å². The van der Waals surface area contributed by atoms with E-state index in [9.17, 15) is 9.18 Å². The van der Waals surface area contributed by atoms with Gasteiger partial charge in [-0.25, -0.2) is 4.39 Å². The molecule has 0 bridgehead atoms. The zero-order chi connectivity index (χ0) is 12.8. The van der Waals surface area contributed by atoms with Gasteiger partial charge in [0.2, 0.25) is 0 Å². The van der Waals surface area contributed by atoms with Crippen LogP contribution in [0.3, 0.4) is 0 Å². The molecule has 1 rings (SSSR count). The molecule has 0 amide bonds. The largest absolute Gasteiger partial charge is 0.493 e. The highest BCUT2D eigenvalue weighted by atomic mass is 19.1. The minimum atomic E-state index is -0.407. The Morgan fingerprint density at radius 2 is 2.24 bits per heavy atom. The van der Waals surface area contributed by atoms with E-state index >= 15 is 0 Å². The van der Waals surface area contributed by atoms with Crippen LogP contribution >= 0.6 is 0 Å². The van der Waals surface area contributed by atoms with Gasteiger partial charge in [-0.1, -0.05) is 6.07 Å². The Morgan fingerprint density at radius 1 is 1.53 bits per heavy atom. The topological polar surface area (TPSA) is 61.5 Å². The summed E-state index contributed by atoms with van der Waals surface area (Å²) >= 11 is 0. The SMILES string of the molecule is COC(=O)CCOc1ccc(C(C)N)c(F)c1. The fraction of sp³-hybridized carbons (Fsp3) is 0.417. The van der Waals surface area contributed by atoms with Gasteiger partial charge in [-0.2, -0.15) is 0 Å². The molecule has 0 aliphatic rings. The molecule has 0 spiro atoms. The third-order valence-electron chi connectivity index (χ3n) is 2.27. The molecule has 2 N–H and O–H groups in total. The van der Waals surface area contributed by atoms with Crippen LogP contribution in [-0.2, 0) is 9.53 Å². The van der Waals surface area contributed by atoms with Crippen molar-refractivity contribution in [3.8, 4) is 5.75 Å². The van der Waals surface area contributed by atoms with Crippen molar-refractivity contribution in [2.45, 2.75) is 19.4 Å². The minimum absolute atomic E-state index is 0.132. The number of halogens is 1. The van der Waals surface area contributed by atoms with Gasteiger partial charge in [0, 0.05) is 17.7 Å². The van der Waals surface area contributed by atoms with E-state index in [4.69, 9.17) is 10.5 Å². The number of esters is 1. The maximum absolute atomic E-state index is 13.5. The predicted molar refractivity (Wildman–Crippen MR) is 61.1 cm³/mol. The van der Waals surface area contributed by atoms with Crippen LogP contribution < -0.4 is 10.5 Å². The van der Waals surface area contributed by atoms with Gasteiger partial charge in [-0.3, -0.25) is 4.79 Å². The Morgan fingerprint density at radius 3 is 2.76 bits per heavy atom. The molecule has 0 saturated carbocycles. The van der Waals surface area contributed by atoms with Crippen LogP contribution in [0.1, 0.15) is 24.9 Å². The molecule has 0 radical (unpaired) electrons. The maximum atomic E-state index is 13.5. The molecule has 1 aromatic rings. The van der Waals surface area contributed by atoms with E-state index in [1.807, 2.05) is 0 Å². The number of carbonyl (C=O) groups is 1. The summed E-state index contributed by atoms with van der Waals surface area (Å²) in [6.45, 7) is 1.86. The molecule has 0 saturated heterocycles. The first-order chi connectivity index (χ1) is 8.04. The quantitative estimate of drug-likeness (QED) is 0.798. The van der Waals surface area contributed by atoms with E-state index in [1.165, 1.54) is 13.2 Å². The van der Waals surface area contributed by atoms with Crippen molar-refractivity contribution in [3.63, 3.8) is 0 Å². The molecule has 94 valence electrons. The van der Waals surface area contributed by atoms with Crippen molar-refractivity contribution < 1.29 is 18.7 Å². The zero-order valence-corrected chi connectivity index (χ0v) is 9.90. The third-order valence-corrected chi connectivity index (χ3v) is 2.27. The molecule has 1 aromatic carbocycles. The maximum Gasteiger partial charge on any atom is 0.308 e. The lowest BCUT2D eigenvalue weighted by molar-refractivity contribution is -0.141. The van der Waals surface area contributed by atoms with Gasteiger partial charge >= 0.3 is 5.97 Å². The first kappa shape index (κ1) is 13.4. The number of benzene rings is 1. The van der Waals surface area contributed by atoms with Crippen molar-refractivity contribution in [3.05, 3.63) is 29.6 Å². The van der Waals surface area contributed by atoms with E-state index in [2.05, 4.69) is 4.74 Å². The Balaban J connectivity index is 2.56. The molecule has 17 heavy (non-hydrogen) atoms. The zero-order valence-electron chi connectivity index (χ0n) is 9.90. The first-order valence-electron chi connectivity index (χ1n) is 5.29. The molecular weight excluding hydrogens is 225 g/mol. The number of hydrogen-bond acceptors (Lipinski definition) is 4. The second-order valence-corrected chi connectivity index (χ2v) is 3.65. The average Bonchev–Trinajstić information content (AvgIpc) is 2.28. The fourth-order valence-corrected chi connectivity index (χ4v) is 1.32. The predicted octanol–water partition coefficient (Wildman–Crippen LogP) is 1.79. The average molecular weight is 241 g/mol. The van der Waals surface area contributed by atoms with Crippen LogP contribution in [0, 0.1) is 5.82 Å².